The Labute approximate surface area is 515 Å². The van der Waals surface area contributed by atoms with Crippen molar-refractivity contribution in [2.45, 2.75) is 153 Å². The van der Waals surface area contributed by atoms with Crippen LogP contribution < -0.4 is 19.7 Å². The third-order valence-electron chi connectivity index (χ3n) is 20.8. The number of phenolic OH excluding ortho intramolecular Hbond substituents is 3. The number of rotatable bonds is 10. The van der Waals surface area contributed by atoms with Crippen molar-refractivity contribution in [2.24, 2.45) is 22.7 Å². The van der Waals surface area contributed by atoms with Crippen LogP contribution in [0.1, 0.15) is 168 Å². The van der Waals surface area contributed by atoms with Gasteiger partial charge in [-0.05, 0) is 139 Å². The lowest BCUT2D eigenvalue weighted by molar-refractivity contribution is -0.148. The second-order valence-corrected chi connectivity index (χ2v) is 26.0. The predicted octanol–water partition coefficient (Wildman–Crippen LogP) is 14.1. The number of anilines is 1. The molecule has 0 amide bonds. The maximum atomic E-state index is 15.6. The smallest absolute Gasteiger partial charge is 0.302 e. The van der Waals surface area contributed by atoms with E-state index in [-0.39, 0.29) is 82.6 Å². The molecule has 2 aromatic heterocycles. The van der Waals surface area contributed by atoms with Crippen molar-refractivity contribution in [3.05, 3.63) is 172 Å². The molecule has 5 aliphatic carbocycles. The molecule has 456 valence electrons. The van der Waals surface area contributed by atoms with Gasteiger partial charge in [-0.15, -0.1) is 0 Å². The fourth-order valence-electron chi connectivity index (χ4n) is 16.3. The summed E-state index contributed by atoms with van der Waals surface area (Å²) in [4.78, 5) is 49.2. The summed E-state index contributed by atoms with van der Waals surface area (Å²) in [6.07, 6.45) is 27.0. The number of H-pyrrole nitrogens is 1. The number of aromatic amines is 1. The molecule has 14 nitrogen and oxygen atoms in total. The molecule has 7 aliphatic rings. The molecule has 0 radical (unpaired) electrons. The number of esters is 1. The highest BCUT2D eigenvalue weighted by Gasteiger charge is 2.48. The molecular weight excluding hydrogens is 1100 g/mol. The molecule has 88 heavy (non-hydrogen) atoms. The molecule has 2 aliphatic heterocycles. The largest absolute Gasteiger partial charge is 0.508 e. The van der Waals surface area contributed by atoms with E-state index < -0.39 is 35.0 Å². The van der Waals surface area contributed by atoms with E-state index in [0.29, 0.717) is 57.2 Å². The fraction of sp³-hybridized carbons (Fsp3) is 0.419. The van der Waals surface area contributed by atoms with Gasteiger partial charge < -0.3 is 54.4 Å². The maximum absolute atomic E-state index is 15.6. The van der Waals surface area contributed by atoms with Crippen LogP contribution in [-0.4, -0.2) is 73.8 Å². The maximum Gasteiger partial charge on any atom is 0.302 e. The second-order valence-electron chi connectivity index (χ2n) is 26.0. The number of aliphatic hydroxyl groups is 1. The molecule has 7 atom stereocenters. The molecule has 2 fully saturated rings. The van der Waals surface area contributed by atoms with Gasteiger partial charge in [0.25, 0.3) is 0 Å². The van der Waals surface area contributed by atoms with Crippen molar-refractivity contribution in [3.63, 3.8) is 0 Å². The van der Waals surface area contributed by atoms with Crippen molar-refractivity contribution >= 4 is 34.0 Å². The van der Waals surface area contributed by atoms with Gasteiger partial charge in [-0.1, -0.05) is 105 Å². The Morgan fingerprint density at radius 1 is 0.864 bits per heavy atom. The van der Waals surface area contributed by atoms with E-state index in [2.05, 4.69) is 106 Å². The van der Waals surface area contributed by atoms with Gasteiger partial charge in [-0.2, -0.15) is 0 Å². The van der Waals surface area contributed by atoms with Gasteiger partial charge in [0.05, 0.1) is 30.9 Å². The van der Waals surface area contributed by atoms with Gasteiger partial charge in [0, 0.05) is 109 Å². The molecular formula is C74H80N4O10. The summed E-state index contributed by atoms with van der Waals surface area (Å²) >= 11 is 0. The van der Waals surface area contributed by atoms with Gasteiger partial charge in [-0.25, -0.2) is 0 Å². The van der Waals surface area contributed by atoms with Crippen LogP contribution in [0.25, 0.3) is 10.8 Å². The van der Waals surface area contributed by atoms with Crippen LogP contribution in [0, 0.1) is 34.5 Å². The van der Waals surface area contributed by atoms with Crippen molar-refractivity contribution < 1.29 is 49.0 Å². The van der Waals surface area contributed by atoms with Crippen molar-refractivity contribution in [2.75, 3.05) is 25.1 Å². The van der Waals surface area contributed by atoms with E-state index in [1.165, 1.54) is 31.7 Å². The minimum Gasteiger partial charge on any atom is -0.508 e. The number of benzene rings is 4. The lowest BCUT2D eigenvalue weighted by atomic mass is 9.61. The average Bonchev–Trinajstić information content (AvgIpc) is 1.60. The van der Waals surface area contributed by atoms with Crippen LogP contribution in [0.15, 0.2) is 139 Å². The Bertz CT molecular complexity index is 3890. The Balaban J connectivity index is 1.05. The molecule has 14 heteroatoms. The first-order chi connectivity index (χ1) is 42.7. The minimum atomic E-state index is -0.782. The third-order valence-corrected chi connectivity index (χ3v) is 20.8. The van der Waals surface area contributed by atoms with Crippen LogP contribution in [0.4, 0.5) is 5.69 Å². The SMILES string of the molecule is COc1cc(C2CC(=O)CC(OC(C)=O)CCC34Cc5c[nH]cc5C(C#CCC3=CC=CC4C)C(c3cccc(O)c3)C3=CCNC(=C3)N(CCC(=O)C3CCCCC3)c3ccc4c5c(n2cc35)CC2(CCCC2)C4O)cc(O)c1Oc1cccc(O)c1. The number of carbonyl (C=O) groups is 3. The number of aliphatic hydroxyl groups excluding tert-OH is 1. The monoisotopic (exact) mass is 1180 g/mol. The molecule has 6 N–H and O–H groups in total. The lowest BCUT2D eigenvalue weighted by Crippen LogP contribution is -2.37. The molecule has 7 unspecified atom stereocenters. The highest BCUT2D eigenvalue weighted by Crippen LogP contribution is 2.58. The summed E-state index contributed by atoms with van der Waals surface area (Å²) in [5.41, 5.74) is 7.42. The number of methoxy groups -OCH3 is 1. The van der Waals surface area contributed by atoms with Crippen molar-refractivity contribution in [1.82, 2.24) is 14.9 Å². The van der Waals surface area contributed by atoms with Crippen molar-refractivity contribution in [1.29, 1.82) is 0 Å². The predicted molar refractivity (Wildman–Crippen MR) is 339 cm³/mol. The fourth-order valence-corrected chi connectivity index (χ4v) is 16.3. The molecule has 4 aromatic carbocycles. The zero-order valence-electron chi connectivity index (χ0n) is 50.7. The van der Waals surface area contributed by atoms with Crippen LogP contribution in [-0.2, 0) is 32.0 Å². The molecule has 0 saturated heterocycles. The number of fused-ring (bicyclic) bond motifs is 3. The standard InChI is InChI=1S/C74H80N4O10/c1-45-13-9-17-52-18-11-22-58-60-43-75-42-51(60)40-74(45,52)30-25-57(87-46(2)79)38-55(82)39-63(50-34-66(84)71(67(35-50)86-3)88-56-21-12-20-54(81)37-56)78-44-61-62(24-23-59-70(61)64(78)41-73(72(59)85)28-7-8-29-73)77(32-27-65(83)47-14-5-4-6-15-47)68-36-49(26-31-76-68)69(58)48-16-10-19-53(80)33-48/h9-10,12-13,16-17,19-21,23-24,26,33-37,42-45,47,57-58,63,69,72,75-76,80-81,84-85H,4-8,14-15,18,25,27-32,38-41H2,1-3H3. The van der Waals surface area contributed by atoms with E-state index in [1.54, 1.807) is 30.3 Å². The average molecular weight is 1190 g/mol. The first-order valence-corrected chi connectivity index (χ1v) is 31.9. The van der Waals surface area contributed by atoms with Gasteiger partial charge >= 0.3 is 5.97 Å². The zero-order chi connectivity index (χ0) is 60.8. The summed E-state index contributed by atoms with van der Waals surface area (Å²) in [6, 6.07) is 20.6. The lowest BCUT2D eigenvalue weighted by Gasteiger charge is -2.43. The topological polar surface area (TPSA) is 196 Å². The summed E-state index contributed by atoms with van der Waals surface area (Å²) in [7, 11) is 1.49. The van der Waals surface area contributed by atoms with Crippen LogP contribution in [0.5, 0.6) is 34.5 Å². The highest BCUT2D eigenvalue weighted by molar-refractivity contribution is 6.00. The first-order valence-electron chi connectivity index (χ1n) is 31.9. The third kappa shape index (κ3) is 11.1. The number of ether oxygens (including phenoxy) is 3. The normalized spacial score (nSPS) is 25.2. The number of aromatic nitrogens is 2. The highest BCUT2D eigenvalue weighted by atomic mass is 16.5. The van der Waals surface area contributed by atoms with Crippen LogP contribution in [0.3, 0.4) is 0 Å². The van der Waals surface area contributed by atoms with Gasteiger partial charge in [0.15, 0.2) is 11.5 Å². The molecule has 2 spiro atoms. The first kappa shape index (κ1) is 58.6. The molecule has 2 saturated carbocycles. The summed E-state index contributed by atoms with van der Waals surface area (Å²) in [6.45, 7) is 4.45. The molecule has 6 aromatic rings. The van der Waals surface area contributed by atoms with Gasteiger partial charge in [0.2, 0.25) is 5.75 Å². The summed E-state index contributed by atoms with van der Waals surface area (Å²) in [5, 5.41) is 52.3. The van der Waals surface area contributed by atoms with E-state index in [1.807, 2.05) is 12.1 Å². The summed E-state index contributed by atoms with van der Waals surface area (Å²) in [5.74, 6) is 7.64. The number of aromatic hydroxyl groups is 3. The van der Waals surface area contributed by atoms with E-state index in [9.17, 15) is 30.0 Å². The van der Waals surface area contributed by atoms with Gasteiger partial charge in [-0.3, -0.25) is 14.4 Å². The van der Waals surface area contributed by atoms with E-state index >= 15 is 4.79 Å². The Hall–Kier alpha value is -8.41. The number of nitrogens with zero attached hydrogens (tertiary/aromatic N) is 2. The quantitative estimate of drug-likeness (QED) is 0.0562. The van der Waals surface area contributed by atoms with Crippen molar-refractivity contribution in [3.8, 4) is 46.3 Å². The van der Waals surface area contributed by atoms with E-state index in [0.717, 1.165) is 114 Å². The molecule has 13 rings (SSSR count). The number of dihydropyridines is 1. The second kappa shape index (κ2) is 24.3. The Morgan fingerprint density at radius 3 is 2.45 bits per heavy atom. The molecule has 6 bridgehead atoms. The van der Waals surface area contributed by atoms with E-state index in [4.69, 9.17) is 14.2 Å². The van der Waals surface area contributed by atoms with Crippen LogP contribution >= 0.6 is 0 Å². The summed E-state index contributed by atoms with van der Waals surface area (Å²) < 4.78 is 20.7. The Kier molecular flexibility index (Phi) is 16.2. The number of allylic oxidation sites excluding steroid dienone is 6. The number of Topliss-reactive ketones (excluding diaryl/α,β-unsaturated/α-hetero) is 2. The van der Waals surface area contributed by atoms with Gasteiger partial charge in [0.1, 0.15) is 40.7 Å². The number of hydrogen-bond acceptors (Lipinski definition) is 12. The zero-order valence-corrected chi connectivity index (χ0v) is 50.7. The number of carbonyl (C=O) groups excluding carboxylic acids is 3. The minimum absolute atomic E-state index is 0.0113. The Morgan fingerprint density at radius 2 is 1.67 bits per heavy atom. The number of hydrogen-bond donors (Lipinski definition) is 6. The van der Waals surface area contributed by atoms with Crippen LogP contribution in [0.2, 0.25) is 0 Å². The number of phenols is 3. The number of nitrogens with one attached hydrogen (secondary N) is 2. The number of ketones is 2. The molecule has 4 heterocycles.